The van der Waals surface area contributed by atoms with Crippen molar-refractivity contribution in [1.82, 2.24) is 10.3 Å². The molecule has 1 amide bonds. The molecule has 1 N–H and O–H groups in total. The summed E-state index contributed by atoms with van der Waals surface area (Å²) < 4.78 is 1.01. The number of benzene rings is 2. The zero-order chi connectivity index (χ0) is 13.9. The monoisotopic (exact) mass is 302 g/mol. The molecule has 3 aromatic rings. The van der Waals surface area contributed by atoms with E-state index in [1.54, 1.807) is 6.07 Å². The summed E-state index contributed by atoms with van der Waals surface area (Å²) in [7, 11) is 0. The lowest BCUT2D eigenvalue weighted by molar-refractivity contribution is 0.0951. The van der Waals surface area contributed by atoms with Gasteiger partial charge in [-0.25, -0.2) is 4.98 Å². The molecule has 0 saturated heterocycles. The van der Waals surface area contributed by atoms with Crippen LogP contribution in [-0.2, 0) is 6.54 Å². The average molecular weight is 303 g/mol. The molecule has 1 heterocycles. The highest BCUT2D eigenvalue weighted by Crippen LogP contribution is 2.21. The van der Waals surface area contributed by atoms with Gasteiger partial charge in [0.05, 0.1) is 10.2 Å². The van der Waals surface area contributed by atoms with Crippen LogP contribution >= 0.6 is 22.9 Å². The Bertz CT molecular complexity index is 736. The molecule has 2 aromatic carbocycles. The van der Waals surface area contributed by atoms with Crippen molar-refractivity contribution < 1.29 is 4.79 Å². The van der Waals surface area contributed by atoms with Gasteiger partial charge < -0.3 is 5.32 Å². The minimum absolute atomic E-state index is 0.175. The Kier molecular flexibility index (Phi) is 3.67. The maximum Gasteiger partial charge on any atom is 0.280 e. The topological polar surface area (TPSA) is 42.0 Å². The van der Waals surface area contributed by atoms with Crippen LogP contribution in [0, 0.1) is 0 Å². The third-order valence-corrected chi connectivity index (χ3v) is 4.29. The van der Waals surface area contributed by atoms with Crippen molar-refractivity contribution in [2.45, 2.75) is 6.54 Å². The summed E-state index contributed by atoms with van der Waals surface area (Å²) in [6.45, 7) is 0.397. The van der Waals surface area contributed by atoms with Crippen LogP contribution in [0.5, 0.6) is 0 Å². The van der Waals surface area contributed by atoms with Crippen LogP contribution in [0.4, 0.5) is 0 Å². The fourth-order valence-electron chi connectivity index (χ4n) is 1.86. The summed E-state index contributed by atoms with van der Waals surface area (Å²) in [5.74, 6) is -0.175. The van der Waals surface area contributed by atoms with E-state index in [0.29, 0.717) is 16.6 Å². The lowest BCUT2D eigenvalue weighted by Crippen LogP contribution is -2.22. The van der Waals surface area contributed by atoms with Crippen molar-refractivity contribution in [2.24, 2.45) is 0 Å². The molecular weight excluding hydrogens is 292 g/mol. The van der Waals surface area contributed by atoms with E-state index < -0.39 is 0 Å². The number of thiazole rings is 1. The van der Waals surface area contributed by atoms with Crippen molar-refractivity contribution in [1.29, 1.82) is 0 Å². The maximum atomic E-state index is 12.1. The fraction of sp³-hybridized carbons (Fsp3) is 0.0667. The molecule has 0 fully saturated rings. The van der Waals surface area contributed by atoms with Crippen molar-refractivity contribution >= 4 is 39.1 Å². The van der Waals surface area contributed by atoms with E-state index in [4.69, 9.17) is 11.6 Å². The second-order valence-corrected chi connectivity index (χ2v) is 5.70. The Balaban J connectivity index is 1.75. The SMILES string of the molecule is O=C(NCc1ccccc1Cl)c1nc2ccccc2s1. The van der Waals surface area contributed by atoms with E-state index in [0.717, 1.165) is 15.8 Å². The Morgan fingerprint density at radius 3 is 2.70 bits per heavy atom. The number of hydrogen-bond acceptors (Lipinski definition) is 3. The number of rotatable bonds is 3. The second kappa shape index (κ2) is 5.61. The number of hydrogen-bond donors (Lipinski definition) is 1. The first-order chi connectivity index (χ1) is 9.74. The largest absolute Gasteiger partial charge is 0.346 e. The normalized spacial score (nSPS) is 10.7. The highest BCUT2D eigenvalue weighted by molar-refractivity contribution is 7.20. The number of carbonyl (C=O) groups excluding carboxylic acids is 1. The standard InChI is InChI=1S/C15H11ClN2OS/c16-11-6-2-1-5-10(11)9-17-14(19)15-18-12-7-3-4-8-13(12)20-15/h1-8H,9H2,(H,17,19). The molecule has 5 heteroatoms. The van der Waals surface area contributed by atoms with Gasteiger partial charge in [0.2, 0.25) is 0 Å². The van der Waals surface area contributed by atoms with Gasteiger partial charge >= 0.3 is 0 Å². The van der Waals surface area contributed by atoms with Crippen LogP contribution in [0.15, 0.2) is 48.5 Å². The van der Waals surface area contributed by atoms with E-state index in [1.807, 2.05) is 42.5 Å². The number of nitrogens with zero attached hydrogens (tertiary/aromatic N) is 1. The zero-order valence-electron chi connectivity index (χ0n) is 10.5. The molecule has 0 aliphatic rings. The molecule has 0 saturated carbocycles. The number of para-hydroxylation sites is 1. The van der Waals surface area contributed by atoms with Gasteiger partial charge in [0.15, 0.2) is 5.01 Å². The average Bonchev–Trinajstić information content (AvgIpc) is 2.90. The summed E-state index contributed by atoms with van der Waals surface area (Å²) in [6, 6.07) is 15.2. The van der Waals surface area contributed by atoms with Gasteiger partial charge in [-0.1, -0.05) is 41.9 Å². The van der Waals surface area contributed by atoms with Crippen molar-refractivity contribution in [3.63, 3.8) is 0 Å². The Morgan fingerprint density at radius 1 is 1.15 bits per heavy atom. The molecule has 0 atom stereocenters. The number of carbonyl (C=O) groups is 1. The summed E-state index contributed by atoms with van der Waals surface area (Å²) >= 11 is 7.44. The number of amides is 1. The van der Waals surface area contributed by atoms with E-state index in [2.05, 4.69) is 10.3 Å². The number of fused-ring (bicyclic) bond motifs is 1. The highest BCUT2D eigenvalue weighted by atomic mass is 35.5. The van der Waals surface area contributed by atoms with Gasteiger partial charge in [-0.2, -0.15) is 0 Å². The molecule has 0 spiro atoms. The smallest absolute Gasteiger partial charge is 0.280 e. The van der Waals surface area contributed by atoms with Crippen LogP contribution in [-0.4, -0.2) is 10.9 Å². The van der Waals surface area contributed by atoms with Gasteiger partial charge in [-0.05, 0) is 23.8 Å². The van der Waals surface area contributed by atoms with Crippen molar-refractivity contribution in [2.75, 3.05) is 0 Å². The fourth-order valence-corrected chi connectivity index (χ4v) is 2.95. The van der Waals surface area contributed by atoms with Gasteiger partial charge in [0.25, 0.3) is 5.91 Å². The minimum Gasteiger partial charge on any atom is -0.346 e. The Labute approximate surface area is 125 Å². The lowest BCUT2D eigenvalue weighted by Gasteiger charge is -2.04. The van der Waals surface area contributed by atoms with Gasteiger partial charge in [0, 0.05) is 11.6 Å². The molecule has 0 unspecified atom stereocenters. The quantitative estimate of drug-likeness (QED) is 0.798. The molecule has 0 radical (unpaired) electrons. The summed E-state index contributed by atoms with van der Waals surface area (Å²) in [5.41, 5.74) is 1.74. The molecule has 0 aliphatic carbocycles. The zero-order valence-corrected chi connectivity index (χ0v) is 12.0. The van der Waals surface area contributed by atoms with E-state index in [-0.39, 0.29) is 5.91 Å². The molecule has 0 bridgehead atoms. The molecule has 0 aliphatic heterocycles. The maximum absolute atomic E-state index is 12.1. The van der Waals surface area contributed by atoms with Crippen molar-refractivity contribution in [3.05, 3.63) is 64.1 Å². The van der Waals surface area contributed by atoms with Crippen LogP contribution in [0.1, 0.15) is 15.4 Å². The van der Waals surface area contributed by atoms with E-state index >= 15 is 0 Å². The molecule has 20 heavy (non-hydrogen) atoms. The van der Waals surface area contributed by atoms with Crippen LogP contribution < -0.4 is 5.32 Å². The minimum atomic E-state index is -0.175. The first-order valence-electron chi connectivity index (χ1n) is 6.11. The second-order valence-electron chi connectivity index (χ2n) is 4.26. The summed E-state index contributed by atoms with van der Waals surface area (Å²) in [5, 5.41) is 3.96. The first-order valence-corrected chi connectivity index (χ1v) is 7.30. The predicted molar refractivity (Wildman–Crippen MR) is 82.2 cm³/mol. The Morgan fingerprint density at radius 2 is 1.90 bits per heavy atom. The van der Waals surface area contributed by atoms with E-state index in [9.17, 15) is 4.79 Å². The molecular formula is C15H11ClN2OS. The van der Waals surface area contributed by atoms with Crippen LogP contribution in [0.3, 0.4) is 0 Å². The van der Waals surface area contributed by atoms with Gasteiger partial charge in [-0.3, -0.25) is 4.79 Å². The predicted octanol–water partition coefficient (Wildman–Crippen LogP) is 3.88. The number of halogens is 1. The van der Waals surface area contributed by atoms with E-state index in [1.165, 1.54) is 11.3 Å². The van der Waals surface area contributed by atoms with Gasteiger partial charge in [0.1, 0.15) is 0 Å². The lowest BCUT2D eigenvalue weighted by atomic mass is 10.2. The molecule has 100 valence electrons. The third kappa shape index (κ3) is 2.66. The summed E-state index contributed by atoms with van der Waals surface area (Å²) in [4.78, 5) is 16.4. The Hall–Kier alpha value is -1.91. The van der Waals surface area contributed by atoms with Crippen molar-refractivity contribution in [3.8, 4) is 0 Å². The first kappa shape index (κ1) is 13.1. The van der Waals surface area contributed by atoms with Crippen LogP contribution in [0.25, 0.3) is 10.2 Å². The number of nitrogens with one attached hydrogen (secondary N) is 1. The molecule has 1 aromatic heterocycles. The molecule has 3 rings (SSSR count). The third-order valence-electron chi connectivity index (χ3n) is 2.89. The van der Waals surface area contributed by atoms with Crippen LogP contribution in [0.2, 0.25) is 5.02 Å². The van der Waals surface area contributed by atoms with Gasteiger partial charge in [-0.15, -0.1) is 11.3 Å². The highest BCUT2D eigenvalue weighted by Gasteiger charge is 2.12. The molecule has 3 nitrogen and oxygen atoms in total. The number of aromatic nitrogens is 1. The summed E-state index contributed by atoms with van der Waals surface area (Å²) in [6.07, 6.45) is 0.